The molecule has 5 nitrogen and oxygen atoms in total. The Labute approximate surface area is 122 Å². The highest BCUT2D eigenvalue weighted by molar-refractivity contribution is 5.77. The Morgan fingerprint density at radius 2 is 1.85 bits per heavy atom. The molecule has 0 aromatic heterocycles. The maximum Gasteiger partial charge on any atom is 0.224 e. The van der Waals surface area contributed by atoms with Gasteiger partial charge in [-0.2, -0.15) is 0 Å². The highest BCUT2D eigenvalue weighted by Gasteiger charge is 2.25. The molecule has 1 aliphatic rings. The van der Waals surface area contributed by atoms with Crippen LogP contribution >= 0.6 is 0 Å². The summed E-state index contributed by atoms with van der Waals surface area (Å²) >= 11 is 0. The Bertz CT molecular complexity index is 342. The fraction of sp³-hybridized carbons (Fsp3) is 0.867. The quantitative estimate of drug-likeness (QED) is 0.816. The summed E-state index contributed by atoms with van der Waals surface area (Å²) in [5.41, 5.74) is 6.21. The molecule has 2 amide bonds. The number of carbonyl (C=O) groups excluding carboxylic acids is 2. The molecule has 0 aromatic carbocycles. The predicted octanol–water partition coefficient (Wildman–Crippen LogP) is 1.27. The maximum absolute atomic E-state index is 12.2. The summed E-state index contributed by atoms with van der Waals surface area (Å²) in [6, 6.07) is 0.135. The largest absolute Gasteiger partial charge is 0.353 e. The van der Waals surface area contributed by atoms with Gasteiger partial charge in [0, 0.05) is 38.5 Å². The van der Waals surface area contributed by atoms with Crippen LogP contribution in [0.3, 0.4) is 0 Å². The van der Waals surface area contributed by atoms with Crippen molar-refractivity contribution in [3.05, 3.63) is 0 Å². The molecule has 3 N–H and O–H groups in total. The van der Waals surface area contributed by atoms with Crippen molar-refractivity contribution in [2.45, 2.75) is 65.5 Å². The number of nitrogens with one attached hydrogen (secondary N) is 1. The second-order valence-electron chi connectivity index (χ2n) is 7.08. The third-order valence-electron chi connectivity index (χ3n) is 3.57. The van der Waals surface area contributed by atoms with Crippen molar-refractivity contribution in [1.82, 2.24) is 10.2 Å². The molecule has 1 unspecified atom stereocenters. The fourth-order valence-electron chi connectivity index (χ4n) is 2.77. The monoisotopic (exact) mass is 283 g/mol. The van der Waals surface area contributed by atoms with E-state index in [1.54, 1.807) is 0 Å². The number of piperidine rings is 1. The smallest absolute Gasteiger partial charge is 0.224 e. The summed E-state index contributed by atoms with van der Waals surface area (Å²) in [5, 5.41) is 2.91. The molecule has 0 spiro atoms. The topological polar surface area (TPSA) is 75.4 Å². The molecule has 5 heteroatoms. The second-order valence-corrected chi connectivity index (χ2v) is 7.08. The zero-order valence-corrected chi connectivity index (χ0v) is 13.2. The lowest BCUT2D eigenvalue weighted by atomic mass is 9.87. The van der Waals surface area contributed by atoms with Gasteiger partial charge in [-0.15, -0.1) is 0 Å². The first-order valence-electron chi connectivity index (χ1n) is 7.48. The highest BCUT2D eigenvalue weighted by atomic mass is 16.2. The van der Waals surface area contributed by atoms with Gasteiger partial charge in [0.25, 0.3) is 0 Å². The van der Waals surface area contributed by atoms with Gasteiger partial charge in [0.05, 0.1) is 0 Å². The van der Waals surface area contributed by atoms with Gasteiger partial charge in [-0.3, -0.25) is 9.59 Å². The molecular weight excluding hydrogens is 254 g/mol. The standard InChI is InChI=1S/C15H29N3O2/c1-11(19)17-13-5-7-18(8-6-13)14(20)9-12(16)10-15(2,3)4/h12-13H,5-10,16H2,1-4H3,(H,17,19). The molecule has 1 rings (SSSR count). The van der Waals surface area contributed by atoms with E-state index in [0.29, 0.717) is 19.5 Å². The van der Waals surface area contributed by atoms with Gasteiger partial charge < -0.3 is 16.0 Å². The van der Waals surface area contributed by atoms with E-state index < -0.39 is 0 Å². The van der Waals surface area contributed by atoms with Crippen molar-refractivity contribution in [3.63, 3.8) is 0 Å². The highest BCUT2D eigenvalue weighted by Crippen LogP contribution is 2.22. The average Bonchev–Trinajstić information content (AvgIpc) is 2.26. The minimum atomic E-state index is -0.0735. The van der Waals surface area contributed by atoms with Crippen LogP contribution in [0.4, 0.5) is 0 Å². The first-order chi connectivity index (χ1) is 9.17. The van der Waals surface area contributed by atoms with Crippen molar-refractivity contribution >= 4 is 11.8 Å². The van der Waals surface area contributed by atoms with E-state index in [0.717, 1.165) is 19.3 Å². The lowest BCUT2D eigenvalue weighted by molar-refractivity contribution is -0.132. The molecule has 0 bridgehead atoms. The lowest BCUT2D eigenvalue weighted by Crippen LogP contribution is -2.47. The van der Waals surface area contributed by atoms with Crippen molar-refractivity contribution in [1.29, 1.82) is 0 Å². The van der Waals surface area contributed by atoms with Crippen molar-refractivity contribution in [2.75, 3.05) is 13.1 Å². The third kappa shape index (κ3) is 6.37. The Balaban J connectivity index is 2.34. The van der Waals surface area contributed by atoms with E-state index in [1.807, 2.05) is 4.90 Å². The number of hydrogen-bond acceptors (Lipinski definition) is 3. The van der Waals surface area contributed by atoms with E-state index in [4.69, 9.17) is 5.73 Å². The van der Waals surface area contributed by atoms with Gasteiger partial charge in [0.15, 0.2) is 0 Å². The Morgan fingerprint density at radius 1 is 1.30 bits per heavy atom. The Kier molecular flexibility index (Phi) is 5.99. The van der Waals surface area contributed by atoms with Crippen LogP contribution < -0.4 is 11.1 Å². The number of rotatable bonds is 4. The molecule has 0 aliphatic carbocycles. The minimum Gasteiger partial charge on any atom is -0.353 e. The lowest BCUT2D eigenvalue weighted by Gasteiger charge is -2.33. The maximum atomic E-state index is 12.2. The van der Waals surface area contributed by atoms with E-state index in [9.17, 15) is 9.59 Å². The SMILES string of the molecule is CC(=O)NC1CCN(C(=O)CC(N)CC(C)(C)C)CC1. The molecule has 0 radical (unpaired) electrons. The molecule has 0 aromatic rings. The number of nitrogens with zero attached hydrogens (tertiary/aromatic N) is 1. The zero-order valence-electron chi connectivity index (χ0n) is 13.2. The number of amides is 2. The van der Waals surface area contributed by atoms with Gasteiger partial charge in [-0.25, -0.2) is 0 Å². The third-order valence-corrected chi connectivity index (χ3v) is 3.57. The predicted molar refractivity (Wildman–Crippen MR) is 80.1 cm³/mol. The molecule has 0 saturated carbocycles. The Hall–Kier alpha value is -1.10. The molecule has 1 saturated heterocycles. The molecule has 1 atom stereocenters. The van der Waals surface area contributed by atoms with Crippen LogP contribution in [0, 0.1) is 5.41 Å². The summed E-state index contributed by atoms with van der Waals surface area (Å²) in [7, 11) is 0. The van der Waals surface area contributed by atoms with E-state index in [2.05, 4.69) is 26.1 Å². The normalized spacial score (nSPS) is 18.8. The van der Waals surface area contributed by atoms with Crippen LogP contribution in [0.15, 0.2) is 0 Å². The molecule has 20 heavy (non-hydrogen) atoms. The van der Waals surface area contributed by atoms with Crippen LogP contribution in [-0.4, -0.2) is 41.9 Å². The second kappa shape index (κ2) is 7.07. The molecule has 1 heterocycles. The van der Waals surface area contributed by atoms with E-state index in [1.165, 1.54) is 6.92 Å². The Morgan fingerprint density at radius 3 is 2.30 bits per heavy atom. The minimum absolute atomic E-state index is 0.00183. The van der Waals surface area contributed by atoms with Crippen molar-refractivity contribution in [3.8, 4) is 0 Å². The van der Waals surface area contributed by atoms with Crippen LogP contribution in [0.5, 0.6) is 0 Å². The summed E-state index contributed by atoms with van der Waals surface area (Å²) in [5.74, 6) is 0.144. The van der Waals surface area contributed by atoms with E-state index in [-0.39, 0.29) is 29.3 Å². The van der Waals surface area contributed by atoms with Crippen LogP contribution in [0.2, 0.25) is 0 Å². The van der Waals surface area contributed by atoms with Crippen LogP contribution in [0.1, 0.15) is 53.4 Å². The van der Waals surface area contributed by atoms with Crippen molar-refractivity contribution in [2.24, 2.45) is 11.1 Å². The van der Waals surface area contributed by atoms with Gasteiger partial charge in [-0.1, -0.05) is 20.8 Å². The van der Waals surface area contributed by atoms with Gasteiger partial charge in [-0.05, 0) is 24.7 Å². The molecule has 1 aliphatic heterocycles. The van der Waals surface area contributed by atoms with Gasteiger partial charge in [0.2, 0.25) is 11.8 Å². The van der Waals surface area contributed by atoms with Crippen molar-refractivity contribution < 1.29 is 9.59 Å². The first-order valence-corrected chi connectivity index (χ1v) is 7.48. The zero-order chi connectivity index (χ0) is 15.3. The number of likely N-dealkylation sites (tertiary alicyclic amines) is 1. The summed E-state index contributed by atoms with van der Waals surface area (Å²) in [4.78, 5) is 25.1. The fourth-order valence-corrected chi connectivity index (χ4v) is 2.77. The molecular formula is C15H29N3O2. The number of nitrogens with two attached hydrogens (primary N) is 1. The average molecular weight is 283 g/mol. The summed E-state index contributed by atoms with van der Waals surface area (Å²) in [6.07, 6.45) is 2.93. The van der Waals surface area contributed by atoms with Gasteiger partial charge in [0.1, 0.15) is 0 Å². The summed E-state index contributed by atoms with van der Waals surface area (Å²) in [6.45, 7) is 9.36. The van der Waals surface area contributed by atoms with E-state index >= 15 is 0 Å². The molecule has 116 valence electrons. The molecule has 1 fully saturated rings. The number of hydrogen-bond donors (Lipinski definition) is 2. The van der Waals surface area contributed by atoms with Crippen LogP contribution in [-0.2, 0) is 9.59 Å². The number of carbonyl (C=O) groups is 2. The van der Waals surface area contributed by atoms with Gasteiger partial charge >= 0.3 is 0 Å². The first kappa shape index (κ1) is 17.0. The van der Waals surface area contributed by atoms with Crippen LogP contribution in [0.25, 0.3) is 0 Å². The summed E-state index contributed by atoms with van der Waals surface area (Å²) < 4.78 is 0.